The Hall–Kier alpha value is -2.87. The molecule has 1 aliphatic heterocycles. The Bertz CT molecular complexity index is 986. The standard InChI is InChI=1S/C19H21N3O4S/c1-2-19(11-10-17(23)21-18(19)24)13-6-8-15(9-7-13)22-27(25,26)16-5-3-4-14(20)12-16/h3-9,12,22H,2,10-11,20H2,1H3,(H,21,23,24)/t19-/m1/s1. The third kappa shape index (κ3) is 3.66. The fraction of sp³-hybridized carbons (Fsp3) is 0.263. The summed E-state index contributed by atoms with van der Waals surface area (Å²) >= 11 is 0. The molecule has 0 radical (unpaired) electrons. The van der Waals surface area contributed by atoms with Crippen molar-refractivity contribution in [2.24, 2.45) is 0 Å². The van der Waals surface area contributed by atoms with Crippen LogP contribution in [0.5, 0.6) is 0 Å². The molecule has 2 amide bonds. The van der Waals surface area contributed by atoms with E-state index in [0.29, 0.717) is 24.2 Å². The number of amides is 2. The van der Waals surface area contributed by atoms with Gasteiger partial charge in [-0.2, -0.15) is 0 Å². The predicted octanol–water partition coefficient (Wildman–Crippen LogP) is 2.15. The van der Waals surface area contributed by atoms with Crippen molar-refractivity contribution < 1.29 is 18.0 Å². The second kappa shape index (κ2) is 7.03. The summed E-state index contributed by atoms with van der Waals surface area (Å²) in [6.07, 6.45) is 1.26. The van der Waals surface area contributed by atoms with E-state index in [0.717, 1.165) is 5.56 Å². The van der Waals surface area contributed by atoms with Gasteiger partial charge in [0.15, 0.2) is 0 Å². The molecule has 1 fully saturated rings. The van der Waals surface area contributed by atoms with Crippen molar-refractivity contribution in [3.8, 4) is 0 Å². The van der Waals surface area contributed by atoms with Crippen LogP contribution in [0.15, 0.2) is 53.4 Å². The molecular formula is C19H21N3O4S. The highest BCUT2D eigenvalue weighted by Gasteiger charge is 2.42. The molecule has 0 spiro atoms. The second-order valence-corrected chi connectivity index (χ2v) is 8.25. The van der Waals surface area contributed by atoms with E-state index in [1.54, 1.807) is 36.4 Å². The third-order valence-corrected chi connectivity index (χ3v) is 6.31. The smallest absolute Gasteiger partial charge is 0.261 e. The predicted molar refractivity (Wildman–Crippen MR) is 102 cm³/mol. The van der Waals surface area contributed by atoms with Gasteiger partial charge in [-0.1, -0.05) is 25.1 Å². The van der Waals surface area contributed by atoms with Crippen LogP contribution >= 0.6 is 0 Å². The van der Waals surface area contributed by atoms with Crippen LogP contribution < -0.4 is 15.8 Å². The minimum absolute atomic E-state index is 0.0711. The van der Waals surface area contributed by atoms with Gasteiger partial charge in [-0.3, -0.25) is 19.6 Å². The fourth-order valence-electron chi connectivity index (χ4n) is 3.32. The van der Waals surface area contributed by atoms with Crippen LogP contribution in [-0.4, -0.2) is 20.2 Å². The maximum absolute atomic E-state index is 12.5. The number of nitrogens with two attached hydrogens (primary N) is 1. The molecule has 0 bridgehead atoms. The van der Waals surface area contributed by atoms with E-state index in [9.17, 15) is 18.0 Å². The largest absolute Gasteiger partial charge is 0.399 e. The number of rotatable bonds is 5. The average molecular weight is 387 g/mol. The Balaban J connectivity index is 1.85. The summed E-state index contributed by atoms with van der Waals surface area (Å²) in [5.74, 6) is -0.579. The van der Waals surface area contributed by atoms with Crippen molar-refractivity contribution >= 4 is 33.2 Å². The van der Waals surface area contributed by atoms with Crippen molar-refractivity contribution in [3.63, 3.8) is 0 Å². The zero-order valence-corrected chi connectivity index (χ0v) is 15.7. The summed E-state index contributed by atoms with van der Waals surface area (Å²) in [5.41, 5.74) is 6.36. The number of hydrogen-bond acceptors (Lipinski definition) is 5. The summed E-state index contributed by atoms with van der Waals surface area (Å²) in [6.45, 7) is 1.89. The normalized spacial score (nSPS) is 20.2. The van der Waals surface area contributed by atoms with Gasteiger partial charge in [0.25, 0.3) is 10.0 Å². The first-order valence-electron chi connectivity index (χ1n) is 8.60. The lowest BCUT2D eigenvalue weighted by Crippen LogP contribution is -2.51. The Kier molecular flexibility index (Phi) is 4.93. The van der Waals surface area contributed by atoms with E-state index in [2.05, 4.69) is 10.0 Å². The van der Waals surface area contributed by atoms with E-state index >= 15 is 0 Å². The number of carbonyl (C=O) groups excluding carboxylic acids is 2. The van der Waals surface area contributed by atoms with E-state index in [-0.39, 0.29) is 23.1 Å². The number of nitrogens with one attached hydrogen (secondary N) is 2. The SMILES string of the molecule is CC[C@]1(c2ccc(NS(=O)(=O)c3cccc(N)c3)cc2)CCC(=O)NC1=O. The molecule has 142 valence electrons. The highest BCUT2D eigenvalue weighted by molar-refractivity contribution is 7.92. The van der Waals surface area contributed by atoms with E-state index in [1.165, 1.54) is 12.1 Å². The van der Waals surface area contributed by atoms with E-state index in [1.807, 2.05) is 6.92 Å². The Morgan fingerprint density at radius 2 is 1.85 bits per heavy atom. The average Bonchev–Trinajstić information content (AvgIpc) is 2.63. The zero-order chi connectivity index (χ0) is 19.7. The molecule has 7 nitrogen and oxygen atoms in total. The molecule has 27 heavy (non-hydrogen) atoms. The van der Waals surface area contributed by atoms with Crippen molar-refractivity contribution in [3.05, 3.63) is 54.1 Å². The molecule has 0 saturated carbocycles. The van der Waals surface area contributed by atoms with Gasteiger partial charge in [0, 0.05) is 17.8 Å². The summed E-state index contributed by atoms with van der Waals surface area (Å²) < 4.78 is 27.5. The third-order valence-electron chi connectivity index (χ3n) is 4.93. The first kappa shape index (κ1) is 18.9. The summed E-state index contributed by atoms with van der Waals surface area (Å²) in [4.78, 5) is 24.0. The topological polar surface area (TPSA) is 118 Å². The van der Waals surface area contributed by atoms with Crippen LogP contribution in [0.3, 0.4) is 0 Å². The monoisotopic (exact) mass is 387 g/mol. The van der Waals surface area contributed by atoms with Crippen LogP contribution in [0.25, 0.3) is 0 Å². The lowest BCUT2D eigenvalue weighted by molar-refractivity contribution is -0.138. The van der Waals surface area contributed by atoms with E-state index < -0.39 is 15.4 Å². The van der Waals surface area contributed by atoms with Crippen LogP contribution in [0, 0.1) is 0 Å². The molecule has 3 rings (SSSR count). The first-order chi connectivity index (χ1) is 12.8. The van der Waals surface area contributed by atoms with Crippen LogP contribution in [0.4, 0.5) is 11.4 Å². The molecule has 0 aromatic heterocycles. The van der Waals surface area contributed by atoms with Gasteiger partial charge in [-0.25, -0.2) is 8.42 Å². The molecule has 0 unspecified atom stereocenters. The Morgan fingerprint density at radius 3 is 2.44 bits per heavy atom. The van der Waals surface area contributed by atoms with Gasteiger partial charge in [0.2, 0.25) is 11.8 Å². The fourth-order valence-corrected chi connectivity index (χ4v) is 4.43. The van der Waals surface area contributed by atoms with Gasteiger partial charge in [0.1, 0.15) is 0 Å². The number of imide groups is 1. The van der Waals surface area contributed by atoms with Crippen LogP contribution in [0.2, 0.25) is 0 Å². The van der Waals surface area contributed by atoms with Gasteiger partial charge >= 0.3 is 0 Å². The van der Waals surface area contributed by atoms with Gasteiger partial charge in [0.05, 0.1) is 10.3 Å². The van der Waals surface area contributed by atoms with Crippen LogP contribution in [-0.2, 0) is 25.0 Å². The Morgan fingerprint density at radius 1 is 1.15 bits per heavy atom. The number of piperidine rings is 1. The molecule has 2 aromatic rings. The minimum atomic E-state index is -3.77. The molecule has 1 heterocycles. The molecule has 1 saturated heterocycles. The number of carbonyl (C=O) groups is 2. The molecule has 0 aliphatic carbocycles. The molecule has 1 aliphatic rings. The van der Waals surface area contributed by atoms with Crippen molar-refractivity contribution in [2.45, 2.75) is 36.5 Å². The second-order valence-electron chi connectivity index (χ2n) is 6.57. The number of nitrogen functional groups attached to an aromatic ring is 1. The highest BCUT2D eigenvalue weighted by atomic mass is 32.2. The lowest BCUT2D eigenvalue weighted by atomic mass is 9.72. The molecule has 4 N–H and O–H groups in total. The lowest BCUT2D eigenvalue weighted by Gasteiger charge is -2.35. The van der Waals surface area contributed by atoms with Gasteiger partial charge in [-0.15, -0.1) is 0 Å². The van der Waals surface area contributed by atoms with Crippen molar-refractivity contribution in [2.75, 3.05) is 10.5 Å². The zero-order valence-electron chi connectivity index (χ0n) is 14.9. The number of hydrogen-bond donors (Lipinski definition) is 3. The molecule has 8 heteroatoms. The molecular weight excluding hydrogens is 366 g/mol. The van der Waals surface area contributed by atoms with Crippen LogP contribution in [0.1, 0.15) is 31.7 Å². The van der Waals surface area contributed by atoms with Crippen molar-refractivity contribution in [1.82, 2.24) is 5.32 Å². The Labute approximate surface area is 158 Å². The molecule has 2 aromatic carbocycles. The minimum Gasteiger partial charge on any atom is -0.399 e. The number of benzene rings is 2. The quantitative estimate of drug-likeness (QED) is 0.537. The maximum atomic E-state index is 12.5. The van der Waals surface area contributed by atoms with E-state index in [4.69, 9.17) is 5.73 Å². The summed E-state index contributed by atoms with van der Waals surface area (Å²) in [6, 6.07) is 12.7. The van der Waals surface area contributed by atoms with Crippen molar-refractivity contribution in [1.29, 1.82) is 0 Å². The maximum Gasteiger partial charge on any atom is 0.261 e. The number of anilines is 2. The van der Waals surface area contributed by atoms with Gasteiger partial charge < -0.3 is 5.73 Å². The number of sulfonamides is 1. The van der Waals surface area contributed by atoms with Gasteiger partial charge in [-0.05, 0) is 48.7 Å². The molecule has 1 atom stereocenters. The summed E-state index contributed by atoms with van der Waals surface area (Å²) in [5, 5.41) is 2.40. The highest BCUT2D eigenvalue weighted by Crippen LogP contribution is 2.36. The first-order valence-corrected chi connectivity index (χ1v) is 10.1. The summed E-state index contributed by atoms with van der Waals surface area (Å²) in [7, 11) is -3.77.